The molecule has 2 heterocycles. The molecule has 5 nitrogen and oxygen atoms in total. The van der Waals surface area contributed by atoms with Gasteiger partial charge >= 0.3 is 0 Å². The van der Waals surface area contributed by atoms with Gasteiger partial charge in [-0.2, -0.15) is 0 Å². The minimum atomic E-state index is -0.505. The highest BCUT2D eigenvalue weighted by atomic mass is 32.1. The number of benzene rings is 1. The number of aromatic nitrogens is 2. The van der Waals surface area contributed by atoms with Crippen LogP contribution in [0.2, 0.25) is 0 Å². The molecule has 0 aliphatic heterocycles. The Kier molecular flexibility index (Phi) is 3.72. The zero-order valence-corrected chi connectivity index (χ0v) is 12.4. The number of nitrogens with zero attached hydrogens (tertiary/aromatic N) is 2. The van der Waals surface area contributed by atoms with Gasteiger partial charge in [-0.3, -0.25) is 14.0 Å². The van der Waals surface area contributed by atoms with E-state index in [1.807, 2.05) is 0 Å². The number of rotatable bonds is 3. The maximum Gasteiger partial charge on any atom is 0.271 e. The number of fused-ring (bicyclic) bond motifs is 1. The Morgan fingerprint density at radius 2 is 2.09 bits per heavy atom. The summed E-state index contributed by atoms with van der Waals surface area (Å²) in [4.78, 5) is 29.1. The summed E-state index contributed by atoms with van der Waals surface area (Å²) in [6, 6.07) is 5.48. The molecule has 7 heteroatoms. The summed E-state index contributed by atoms with van der Waals surface area (Å²) in [5.74, 6) is -0.845. The van der Waals surface area contributed by atoms with Crippen molar-refractivity contribution in [3.8, 4) is 0 Å². The number of thiazole rings is 1. The lowest BCUT2D eigenvalue weighted by atomic mass is 10.1. The largest absolute Gasteiger partial charge is 0.345 e. The number of carbonyl (C=O) groups excluding carboxylic acids is 1. The molecule has 22 heavy (non-hydrogen) atoms. The molecule has 1 amide bonds. The monoisotopic (exact) mass is 317 g/mol. The van der Waals surface area contributed by atoms with Gasteiger partial charge in [0.2, 0.25) is 0 Å². The van der Waals surface area contributed by atoms with E-state index >= 15 is 0 Å². The molecule has 0 saturated heterocycles. The maximum atomic E-state index is 12.9. The van der Waals surface area contributed by atoms with Crippen LogP contribution in [0.4, 0.5) is 4.39 Å². The number of nitrogens with one attached hydrogen (secondary N) is 1. The summed E-state index contributed by atoms with van der Waals surface area (Å²) in [6.45, 7) is 1.76. The van der Waals surface area contributed by atoms with Gasteiger partial charge in [0.25, 0.3) is 11.5 Å². The van der Waals surface area contributed by atoms with Gasteiger partial charge in [-0.15, -0.1) is 11.3 Å². The molecule has 0 aliphatic rings. The lowest BCUT2D eigenvalue weighted by Crippen LogP contribution is -2.32. The topological polar surface area (TPSA) is 63.5 Å². The van der Waals surface area contributed by atoms with Crippen LogP contribution in [-0.2, 0) is 0 Å². The van der Waals surface area contributed by atoms with E-state index < -0.39 is 11.5 Å². The van der Waals surface area contributed by atoms with E-state index in [-0.39, 0.29) is 17.4 Å². The Hall–Kier alpha value is -2.54. The van der Waals surface area contributed by atoms with Gasteiger partial charge in [0, 0.05) is 17.8 Å². The number of halogens is 1. The molecule has 0 saturated carbocycles. The van der Waals surface area contributed by atoms with Crippen molar-refractivity contribution in [3.05, 3.63) is 69.3 Å². The number of hydrogen-bond donors (Lipinski definition) is 1. The van der Waals surface area contributed by atoms with Crippen LogP contribution in [0.25, 0.3) is 4.96 Å². The zero-order valence-electron chi connectivity index (χ0n) is 11.6. The highest BCUT2D eigenvalue weighted by Crippen LogP contribution is 2.13. The second-order valence-corrected chi connectivity index (χ2v) is 5.65. The first-order chi connectivity index (χ1) is 10.6. The number of carbonyl (C=O) groups is 1. The molecular formula is C15H12FN3O2S. The molecule has 3 aromatic rings. The van der Waals surface area contributed by atoms with E-state index in [9.17, 15) is 14.0 Å². The smallest absolute Gasteiger partial charge is 0.271 e. The van der Waals surface area contributed by atoms with Crippen LogP contribution in [0.1, 0.15) is 28.9 Å². The molecular weight excluding hydrogens is 305 g/mol. The van der Waals surface area contributed by atoms with Crippen molar-refractivity contribution in [2.45, 2.75) is 13.0 Å². The molecule has 0 aliphatic carbocycles. The second-order valence-electron chi connectivity index (χ2n) is 4.78. The number of amides is 1. The van der Waals surface area contributed by atoms with Crippen LogP contribution in [-0.4, -0.2) is 15.3 Å². The first kappa shape index (κ1) is 14.4. The fourth-order valence-corrected chi connectivity index (χ4v) is 2.76. The van der Waals surface area contributed by atoms with E-state index in [1.165, 1.54) is 34.1 Å². The van der Waals surface area contributed by atoms with Crippen LogP contribution in [0.3, 0.4) is 0 Å². The van der Waals surface area contributed by atoms with Crippen LogP contribution in [0.15, 0.2) is 46.8 Å². The first-order valence-electron chi connectivity index (χ1n) is 6.57. The van der Waals surface area contributed by atoms with Crippen molar-refractivity contribution in [1.29, 1.82) is 0 Å². The SMILES string of the molecule is C[C@H](NC(=O)c1cnc2sccn2c1=O)c1ccc(F)cc1. The van der Waals surface area contributed by atoms with Gasteiger partial charge in [0.1, 0.15) is 11.4 Å². The van der Waals surface area contributed by atoms with Crippen LogP contribution in [0, 0.1) is 5.82 Å². The molecule has 112 valence electrons. The van der Waals surface area contributed by atoms with Crippen molar-refractivity contribution < 1.29 is 9.18 Å². The summed E-state index contributed by atoms with van der Waals surface area (Å²) in [5, 5.41) is 4.45. The number of hydrogen-bond acceptors (Lipinski definition) is 4. The Morgan fingerprint density at radius 1 is 1.36 bits per heavy atom. The third-order valence-corrected chi connectivity index (χ3v) is 4.08. The van der Waals surface area contributed by atoms with E-state index in [2.05, 4.69) is 10.3 Å². The summed E-state index contributed by atoms with van der Waals surface area (Å²) in [6.07, 6.45) is 2.86. The molecule has 0 bridgehead atoms. The molecule has 1 N–H and O–H groups in total. The second kappa shape index (κ2) is 5.69. The fraction of sp³-hybridized carbons (Fsp3) is 0.133. The molecule has 0 radical (unpaired) electrons. The summed E-state index contributed by atoms with van der Waals surface area (Å²) in [7, 11) is 0. The van der Waals surface area contributed by atoms with Gasteiger partial charge in [-0.1, -0.05) is 12.1 Å². The van der Waals surface area contributed by atoms with Gasteiger partial charge < -0.3 is 5.32 Å². The predicted octanol–water partition coefficient (Wildman–Crippen LogP) is 2.39. The molecule has 3 rings (SSSR count). The minimum Gasteiger partial charge on any atom is -0.345 e. The molecule has 2 aromatic heterocycles. The van der Waals surface area contributed by atoms with Crippen molar-refractivity contribution >= 4 is 22.2 Å². The average molecular weight is 317 g/mol. The van der Waals surface area contributed by atoms with Crippen LogP contribution < -0.4 is 10.9 Å². The standard InChI is InChI=1S/C15H12FN3O2S/c1-9(10-2-4-11(16)5-3-10)18-13(20)12-8-17-15-19(14(12)21)6-7-22-15/h2-9H,1H3,(H,18,20)/t9-/m0/s1. The fourth-order valence-electron chi connectivity index (χ4n) is 2.09. The van der Waals surface area contributed by atoms with Crippen LogP contribution in [0.5, 0.6) is 0 Å². The minimum absolute atomic E-state index is 0.0233. The summed E-state index contributed by atoms with van der Waals surface area (Å²) in [5.41, 5.74) is 0.319. The zero-order chi connectivity index (χ0) is 15.7. The van der Waals surface area contributed by atoms with Gasteiger partial charge in [-0.25, -0.2) is 9.37 Å². The van der Waals surface area contributed by atoms with E-state index in [0.717, 1.165) is 5.56 Å². The van der Waals surface area contributed by atoms with Gasteiger partial charge in [0.15, 0.2) is 4.96 Å². The Morgan fingerprint density at radius 3 is 2.82 bits per heavy atom. The maximum absolute atomic E-state index is 12.9. The Labute approximate surface area is 129 Å². The molecule has 0 unspecified atom stereocenters. The molecule has 1 aromatic carbocycles. The lowest BCUT2D eigenvalue weighted by Gasteiger charge is -2.14. The molecule has 1 atom stereocenters. The average Bonchev–Trinajstić information content (AvgIpc) is 2.97. The Balaban J connectivity index is 1.85. The Bertz CT molecular complexity index is 886. The summed E-state index contributed by atoms with van der Waals surface area (Å²) >= 11 is 1.32. The van der Waals surface area contributed by atoms with Crippen molar-refractivity contribution in [2.24, 2.45) is 0 Å². The van der Waals surface area contributed by atoms with Crippen LogP contribution >= 0.6 is 11.3 Å². The summed E-state index contributed by atoms with van der Waals surface area (Å²) < 4.78 is 14.2. The first-order valence-corrected chi connectivity index (χ1v) is 7.45. The molecule has 0 fully saturated rings. The van der Waals surface area contributed by atoms with Gasteiger partial charge in [-0.05, 0) is 24.6 Å². The van der Waals surface area contributed by atoms with Crippen molar-refractivity contribution in [3.63, 3.8) is 0 Å². The molecule has 0 spiro atoms. The van der Waals surface area contributed by atoms with Crippen molar-refractivity contribution in [1.82, 2.24) is 14.7 Å². The van der Waals surface area contributed by atoms with E-state index in [1.54, 1.807) is 30.6 Å². The third kappa shape index (κ3) is 2.62. The van der Waals surface area contributed by atoms with E-state index in [4.69, 9.17) is 0 Å². The highest BCUT2D eigenvalue weighted by molar-refractivity contribution is 7.15. The lowest BCUT2D eigenvalue weighted by molar-refractivity contribution is 0.0938. The highest BCUT2D eigenvalue weighted by Gasteiger charge is 2.16. The van der Waals surface area contributed by atoms with Gasteiger partial charge in [0.05, 0.1) is 6.04 Å². The van der Waals surface area contributed by atoms with E-state index in [0.29, 0.717) is 4.96 Å². The normalized spacial score (nSPS) is 12.3. The quantitative estimate of drug-likeness (QED) is 0.807. The third-order valence-electron chi connectivity index (χ3n) is 3.30. The predicted molar refractivity (Wildman–Crippen MR) is 81.6 cm³/mol. The van der Waals surface area contributed by atoms with Crippen molar-refractivity contribution in [2.75, 3.05) is 0 Å².